The van der Waals surface area contributed by atoms with Crippen LogP contribution >= 0.6 is 0 Å². The minimum absolute atomic E-state index is 0.183. The quantitative estimate of drug-likeness (QED) is 0.595. The molecule has 0 atom stereocenters. The highest BCUT2D eigenvalue weighted by Gasteiger charge is 2.06. The summed E-state index contributed by atoms with van der Waals surface area (Å²) in [5.41, 5.74) is 6.40. The molecule has 0 saturated carbocycles. The number of carbonyl (C=O) groups is 1. The largest absolute Gasteiger partial charge is 0.426 e. The molecule has 1 rings (SSSR count). The lowest BCUT2D eigenvalue weighted by atomic mass is 10.2. The van der Waals surface area contributed by atoms with Gasteiger partial charge in [0.15, 0.2) is 0 Å². The van der Waals surface area contributed by atoms with Crippen molar-refractivity contribution in [2.75, 3.05) is 0 Å². The number of ether oxygens (including phenoxy) is 1. The number of hydrogen-bond donors (Lipinski definition) is 1. The third-order valence-electron chi connectivity index (χ3n) is 2.15. The summed E-state index contributed by atoms with van der Waals surface area (Å²) < 4.78 is 5.22. The molecule has 0 aromatic heterocycles. The van der Waals surface area contributed by atoms with Crippen molar-refractivity contribution < 1.29 is 9.53 Å². The van der Waals surface area contributed by atoms with Gasteiger partial charge >= 0.3 is 5.97 Å². The van der Waals surface area contributed by atoms with Crippen LogP contribution in [-0.4, -0.2) is 5.97 Å². The van der Waals surface area contributed by atoms with Crippen molar-refractivity contribution in [2.24, 2.45) is 5.73 Å². The average molecular weight is 207 g/mol. The summed E-state index contributed by atoms with van der Waals surface area (Å²) in [6.07, 6.45) is 2.33. The maximum atomic E-state index is 11.4. The standard InChI is InChI=1S/C12H17NO2/c1-2-3-8-12(14)15-11-7-5-4-6-10(11)9-13/h4-7H,2-3,8-9,13H2,1H3. The Morgan fingerprint density at radius 1 is 1.40 bits per heavy atom. The number of rotatable bonds is 5. The van der Waals surface area contributed by atoms with Crippen LogP contribution in [0.15, 0.2) is 24.3 Å². The van der Waals surface area contributed by atoms with Gasteiger partial charge in [-0.05, 0) is 12.5 Å². The Kier molecular flexibility index (Phi) is 4.84. The van der Waals surface area contributed by atoms with Gasteiger partial charge in [0, 0.05) is 18.5 Å². The lowest BCUT2D eigenvalue weighted by Crippen LogP contribution is -2.10. The number of unbranched alkanes of at least 4 members (excludes halogenated alkanes) is 1. The zero-order chi connectivity index (χ0) is 11.1. The molecule has 3 heteroatoms. The molecule has 0 saturated heterocycles. The van der Waals surface area contributed by atoms with Gasteiger partial charge in [-0.1, -0.05) is 31.5 Å². The molecule has 15 heavy (non-hydrogen) atoms. The van der Waals surface area contributed by atoms with Gasteiger partial charge in [0.1, 0.15) is 5.75 Å². The molecule has 0 radical (unpaired) electrons. The molecule has 0 amide bonds. The number of carbonyl (C=O) groups excluding carboxylic acids is 1. The molecule has 0 spiro atoms. The molecular formula is C12H17NO2. The smallest absolute Gasteiger partial charge is 0.311 e. The second-order valence-electron chi connectivity index (χ2n) is 3.39. The molecule has 1 aromatic rings. The molecule has 0 aliphatic heterocycles. The van der Waals surface area contributed by atoms with E-state index in [0.29, 0.717) is 18.7 Å². The van der Waals surface area contributed by atoms with Crippen molar-refractivity contribution >= 4 is 5.97 Å². The van der Waals surface area contributed by atoms with Gasteiger partial charge in [-0.2, -0.15) is 0 Å². The maximum Gasteiger partial charge on any atom is 0.311 e. The Bertz CT molecular complexity index is 323. The first-order valence-corrected chi connectivity index (χ1v) is 5.26. The maximum absolute atomic E-state index is 11.4. The Labute approximate surface area is 90.2 Å². The third-order valence-corrected chi connectivity index (χ3v) is 2.15. The Hall–Kier alpha value is -1.35. The number of nitrogens with two attached hydrogens (primary N) is 1. The summed E-state index contributed by atoms with van der Waals surface area (Å²) in [5, 5.41) is 0. The predicted octanol–water partition coefficient (Wildman–Crippen LogP) is 2.24. The van der Waals surface area contributed by atoms with Crippen molar-refractivity contribution in [2.45, 2.75) is 32.7 Å². The number of esters is 1. The first kappa shape index (κ1) is 11.7. The van der Waals surface area contributed by atoms with Crippen LogP contribution in [-0.2, 0) is 11.3 Å². The summed E-state index contributed by atoms with van der Waals surface area (Å²) in [5.74, 6) is 0.402. The van der Waals surface area contributed by atoms with Crippen molar-refractivity contribution in [1.82, 2.24) is 0 Å². The minimum Gasteiger partial charge on any atom is -0.426 e. The van der Waals surface area contributed by atoms with Gasteiger partial charge in [-0.15, -0.1) is 0 Å². The third kappa shape index (κ3) is 3.72. The van der Waals surface area contributed by atoms with Crippen LogP contribution in [0.5, 0.6) is 5.75 Å². The average Bonchev–Trinajstić information content (AvgIpc) is 2.27. The minimum atomic E-state index is -0.183. The fourth-order valence-electron chi connectivity index (χ4n) is 1.27. The summed E-state index contributed by atoms with van der Waals surface area (Å²) in [4.78, 5) is 11.4. The van der Waals surface area contributed by atoms with Gasteiger partial charge in [0.2, 0.25) is 0 Å². The second kappa shape index (κ2) is 6.19. The molecule has 0 bridgehead atoms. The van der Waals surface area contributed by atoms with E-state index in [9.17, 15) is 4.79 Å². The van der Waals surface area contributed by atoms with E-state index < -0.39 is 0 Å². The highest BCUT2D eigenvalue weighted by Crippen LogP contribution is 2.17. The second-order valence-corrected chi connectivity index (χ2v) is 3.39. The normalized spacial score (nSPS) is 10.0. The Morgan fingerprint density at radius 3 is 2.80 bits per heavy atom. The van der Waals surface area contributed by atoms with Crippen LogP contribution in [0.2, 0.25) is 0 Å². The van der Waals surface area contributed by atoms with E-state index in [0.717, 1.165) is 18.4 Å². The molecule has 2 N–H and O–H groups in total. The predicted molar refractivity (Wildman–Crippen MR) is 59.5 cm³/mol. The van der Waals surface area contributed by atoms with E-state index in [-0.39, 0.29) is 5.97 Å². The SMILES string of the molecule is CCCCC(=O)Oc1ccccc1CN. The number of para-hydroxylation sites is 1. The number of benzene rings is 1. The van der Waals surface area contributed by atoms with E-state index >= 15 is 0 Å². The highest BCUT2D eigenvalue weighted by atomic mass is 16.5. The van der Waals surface area contributed by atoms with E-state index in [1.165, 1.54) is 0 Å². The summed E-state index contributed by atoms with van der Waals surface area (Å²) in [6, 6.07) is 7.35. The first-order chi connectivity index (χ1) is 7.27. The number of hydrogen-bond acceptors (Lipinski definition) is 3. The molecular weight excluding hydrogens is 190 g/mol. The monoisotopic (exact) mass is 207 g/mol. The van der Waals surface area contributed by atoms with E-state index in [2.05, 4.69) is 0 Å². The van der Waals surface area contributed by atoms with Gasteiger partial charge in [-0.25, -0.2) is 0 Å². The van der Waals surface area contributed by atoms with E-state index in [1.807, 2.05) is 25.1 Å². The highest BCUT2D eigenvalue weighted by molar-refractivity contribution is 5.72. The molecule has 0 aliphatic carbocycles. The lowest BCUT2D eigenvalue weighted by Gasteiger charge is -2.07. The van der Waals surface area contributed by atoms with E-state index in [4.69, 9.17) is 10.5 Å². The Morgan fingerprint density at radius 2 is 2.13 bits per heavy atom. The van der Waals surface area contributed by atoms with Gasteiger partial charge in [0.05, 0.1) is 0 Å². The molecule has 0 unspecified atom stereocenters. The van der Waals surface area contributed by atoms with Gasteiger partial charge in [-0.3, -0.25) is 4.79 Å². The summed E-state index contributed by atoms with van der Waals surface area (Å²) >= 11 is 0. The van der Waals surface area contributed by atoms with Gasteiger partial charge < -0.3 is 10.5 Å². The topological polar surface area (TPSA) is 52.3 Å². The van der Waals surface area contributed by atoms with Crippen LogP contribution in [0.25, 0.3) is 0 Å². The molecule has 3 nitrogen and oxygen atoms in total. The van der Waals surface area contributed by atoms with Gasteiger partial charge in [0.25, 0.3) is 0 Å². The van der Waals surface area contributed by atoms with E-state index in [1.54, 1.807) is 6.07 Å². The Balaban J connectivity index is 2.59. The van der Waals surface area contributed by atoms with Crippen LogP contribution in [0, 0.1) is 0 Å². The lowest BCUT2D eigenvalue weighted by molar-refractivity contribution is -0.134. The fourth-order valence-corrected chi connectivity index (χ4v) is 1.27. The van der Waals surface area contributed by atoms with Crippen LogP contribution in [0.3, 0.4) is 0 Å². The van der Waals surface area contributed by atoms with Crippen molar-refractivity contribution in [1.29, 1.82) is 0 Å². The fraction of sp³-hybridized carbons (Fsp3) is 0.417. The summed E-state index contributed by atoms with van der Waals surface area (Å²) in [7, 11) is 0. The van der Waals surface area contributed by atoms with Crippen molar-refractivity contribution in [3.63, 3.8) is 0 Å². The zero-order valence-corrected chi connectivity index (χ0v) is 9.03. The van der Waals surface area contributed by atoms with Crippen LogP contribution < -0.4 is 10.5 Å². The molecule has 0 aliphatic rings. The van der Waals surface area contributed by atoms with Crippen LogP contribution in [0.4, 0.5) is 0 Å². The molecule has 0 fully saturated rings. The molecule has 1 aromatic carbocycles. The van der Waals surface area contributed by atoms with Crippen molar-refractivity contribution in [3.05, 3.63) is 29.8 Å². The summed E-state index contributed by atoms with van der Waals surface area (Å²) in [6.45, 7) is 2.43. The molecule has 0 heterocycles. The zero-order valence-electron chi connectivity index (χ0n) is 9.03. The molecule has 82 valence electrons. The first-order valence-electron chi connectivity index (χ1n) is 5.26. The van der Waals surface area contributed by atoms with Crippen molar-refractivity contribution in [3.8, 4) is 5.75 Å². The van der Waals surface area contributed by atoms with Crippen LogP contribution in [0.1, 0.15) is 31.7 Å².